The molecular formula is C15H21IN2O. The molecule has 0 spiro atoms. The van der Waals surface area contributed by atoms with Gasteiger partial charge in [-0.25, -0.2) is 0 Å². The molecule has 19 heavy (non-hydrogen) atoms. The monoisotopic (exact) mass is 372 g/mol. The summed E-state index contributed by atoms with van der Waals surface area (Å²) in [5, 5.41) is 3.40. The smallest absolute Gasteiger partial charge is 0.254 e. The van der Waals surface area contributed by atoms with E-state index in [1.54, 1.807) is 0 Å². The maximum Gasteiger partial charge on any atom is 0.254 e. The molecule has 1 aromatic carbocycles. The Bertz CT molecular complexity index is 455. The van der Waals surface area contributed by atoms with Gasteiger partial charge in [-0.2, -0.15) is 0 Å². The van der Waals surface area contributed by atoms with Crippen molar-refractivity contribution in [2.24, 2.45) is 5.92 Å². The standard InChI is InChI=1S/C15H21IN2O/c1-11-5-3-7-13(14(11)16)15(19)18(2)10-12-6-4-8-17-9-12/h3,5,7,12,17H,4,6,8-10H2,1-2H3. The minimum Gasteiger partial charge on any atom is -0.341 e. The van der Waals surface area contributed by atoms with Gasteiger partial charge in [0.25, 0.3) is 5.91 Å². The number of halogens is 1. The largest absolute Gasteiger partial charge is 0.341 e. The fourth-order valence-electron chi connectivity index (χ4n) is 2.57. The van der Waals surface area contributed by atoms with E-state index in [4.69, 9.17) is 0 Å². The highest BCUT2D eigenvalue weighted by molar-refractivity contribution is 14.1. The number of carbonyl (C=O) groups excluding carboxylic acids is 1. The molecule has 1 amide bonds. The second-order valence-corrected chi connectivity index (χ2v) is 6.41. The van der Waals surface area contributed by atoms with Crippen LogP contribution >= 0.6 is 22.6 Å². The molecule has 0 radical (unpaired) electrons. The number of rotatable bonds is 3. The molecule has 1 aliphatic rings. The lowest BCUT2D eigenvalue weighted by Crippen LogP contribution is -2.39. The molecule has 1 N–H and O–H groups in total. The molecule has 0 aromatic heterocycles. The van der Waals surface area contributed by atoms with Crippen LogP contribution in [0.25, 0.3) is 0 Å². The van der Waals surface area contributed by atoms with Crippen LogP contribution in [0.1, 0.15) is 28.8 Å². The van der Waals surface area contributed by atoms with Gasteiger partial charge in [0.2, 0.25) is 0 Å². The van der Waals surface area contributed by atoms with E-state index >= 15 is 0 Å². The SMILES string of the molecule is Cc1cccc(C(=O)N(C)CC2CCCNC2)c1I. The topological polar surface area (TPSA) is 32.3 Å². The summed E-state index contributed by atoms with van der Waals surface area (Å²) in [6.45, 7) is 5.03. The van der Waals surface area contributed by atoms with Gasteiger partial charge >= 0.3 is 0 Å². The van der Waals surface area contributed by atoms with E-state index in [0.29, 0.717) is 5.92 Å². The summed E-state index contributed by atoms with van der Waals surface area (Å²) in [5.41, 5.74) is 1.99. The zero-order valence-electron chi connectivity index (χ0n) is 11.6. The second kappa shape index (κ2) is 6.70. The zero-order valence-corrected chi connectivity index (χ0v) is 13.7. The molecule has 4 heteroatoms. The summed E-state index contributed by atoms with van der Waals surface area (Å²) in [4.78, 5) is 14.4. The third-order valence-corrected chi connectivity index (χ3v) is 5.13. The highest BCUT2D eigenvalue weighted by Gasteiger charge is 2.20. The van der Waals surface area contributed by atoms with Gasteiger partial charge in [-0.3, -0.25) is 4.79 Å². The fourth-order valence-corrected chi connectivity index (χ4v) is 3.16. The number of piperidine rings is 1. The normalized spacial score (nSPS) is 19.2. The second-order valence-electron chi connectivity index (χ2n) is 5.33. The maximum atomic E-state index is 12.5. The first kappa shape index (κ1) is 14.8. The van der Waals surface area contributed by atoms with E-state index in [9.17, 15) is 4.79 Å². The van der Waals surface area contributed by atoms with E-state index in [2.05, 4.69) is 27.9 Å². The summed E-state index contributed by atoms with van der Waals surface area (Å²) in [6.07, 6.45) is 2.43. The Balaban J connectivity index is 2.03. The average molecular weight is 372 g/mol. The molecule has 0 bridgehead atoms. The number of aryl methyl sites for hydroxylation is 1. The van der Waals surface area contributed by atoms with Crippen LogP contribution in [-0.4, -0.2) is 37.5 Å². The summed E-state index contributed by atoms with van der Waals surface area (Å²) in [6, 6.07) is 5.93. The number of benzene rings is 1. The molecule has 1 heterocycles. The lowest BCUT2D eigenvalue weighted by Gasteiger charge is -2.28. The summed E-state index contributed by atoms with van der Waals surface area (Å²) >= 11 is 2.26. The molecule has 1 fully saturated rings. The molecule has 1 saturated heterocycles. The van der Waals surface area contributed by atoms with Gasteiger partial charge in [0.1, 0.15) is 0 Å². The molecule has 2 rings (SSSR count). The van der Waals surface area contributed by atoms with Gasteiger partial charge in [-0.05, 0) is 73.0 Å². The van der Waals surface area contributed by atoms with Crippen LogP contribution in [0.2, 0.25) is 0 Å². The molecule has 3 nitrogen and oxygen atoms in total. The van der Waals surface area contributed by atoms with E-state index in [1.807, 2.05) is 37.1 Å². The van der Waals surface area contributed by atoms with Crippen LogP contribution in [0.5, 0.6) is 0 Å². The van der Waals surface area contributed by atoms with Crippen LogP contribution in [0, 0.1) is 16.4 Å². The van der Waals surface area contributed by atoms with Crippen molar-refractivity contribution in [2.45, 2.75) is 19.8 Å². The molecule has 104 valence electrons. The minimum absolute atomic E-state index is 0.138. The number of amides is 1. The van der Waals surface area contributed by atoms with Crippen molar-refractivity contribution < 1.29 is 4.79 Å². The van der Waals surface area contributed by atoms with Gasteiger partial charge < -0.3 is 10.2 Å². The van der Waals surface area contributed by atoms with E-state index in [1.165, 1.54) is 18.4 Å². The maximum absolute atomic E-state index is 12.5. The first-order chi connectivity index (χ1) is 9.09. The van der Waals surface area contributed by atoms with Crippen molar-refractivity contribution in [2.75, 3.05) is 26.7 Å². The van der Waals surface area contributed by atoms with Crippen LogP contribution in [-0.2, 0) is 0 Å². The number of nitrogens with one attached hydrogen (secondary N) is 1. The van der Waals surface area contributed by atoms with Crippen molar-refractivity contribution in [3.8, 4) is 0 Å². The average Bonchev–Trinajstić information content (AvgIpc) is 2.42. The minimum atomic E-state index is 0.138. The number of hydrogen-bond donors (Lipinski definition) is 1. The van der Waals surface area contributed by atoms with Crippen LogP contribution in [0.4, 0.5) is 0 Å². The molecule has 1 unspecified atom stereocenters. The van der Waals surface area contributed by atoms with Crippen LogP contribution in [0.15, 0.2) is 18.2 Å². The van der Waals surface area contributed by atoms with E-state index < -0.39 is 0 Å². The Labute approximate surface area is 128 Å². The van der Waals surface area contributed by atoms with Crippen molar-refractivity contribution in [3.05, 3.63) is 32.9 Å². The summed E-state index contributed by atoms with van der Waals surface area (Å²) < 4.78 is 1.07. The number of nitrogens with zero attached hydrogens (tertiary/aromatic N) is 1. The van der Waals surface area contributed by atoms with Crippen molar-refractivity contribution in [3.63, 3.8) is 0 Å². The van der Waals surface area contributed by atoms with Gasteiger partial charge in [0.05, 0.1) is 5.56 Å². The van der Waals surface area contributed by atoms with Crippen LogP contribution < -0.4 is 5.32 Å². The Morgan fingerprint density at radius 1 is 1.53 bits per heavy atom. The fraction of sp³-hybridized carbons (Fsp3) is 0.533. The Kier molecular flexibility index (Phi) is 5.21. The lowest BCUT2D eigenvalue weighted by atomic mass is 9.99. The highest BCUT2D eigenvalue weighted by Crippen LogP contribution is 2.19. The predicted octanol–water partition coefficient (Wildman–Crippen LogP) is 2.67. The van der Waals surface area contributed by atoms with Crippen LogP contribution in [0.3, 0.4) is 0 Å². The Hall–Kier alpha value is -0.620. The lowest BCUT2D eigenvalue weighted by molar-refractivity contribution is 0.0763. The molecule has 0 saturated carbocycles. The Morgan fingerprint density at radius 2 is 2.32 bits per heavy atom. The Morgan fingerprint density at radius 3 is 3.00 bits per heavy atom. The molecule has 1 atom stereocenters. The van der Waals surface area contributed by atoms with Crippen molar-refractivity contribution in [1.29, 1.82) is 0 Å². The van der Waals surface area contributed by atoms with Gasteiger partial charge in [0, 0.05) is 17.2 Å². The molecule has 1 aliphatic heterocycles. The highest BCUT2D eigenvalue weighted by atomic mass is 127. The third kappa shape index (κ3) is 3.69. The quantitative estimate of drug-likeness (QED) is 0.828. The first-order valence-electron chi connectivity index (χ1n) is 6.81. The number of hydrogen-bond acceptors (Lipinski definition) is 2. The molecule has 0 aliphatic carbocycles. The van der Waals surface area contributed by atoms with Crippen molar-refractivity contribution >= 4 is 28.5 Å². The van der Waals surface area contributed by atoms with E-state index in [-0.39, 0.29) is 5.91 Å². The number of carbonyl (C=O) groups is 1. The predicted molar refractivity (Wildman–Crippen MR) is 86.5 cm³/mol. The molecular weight excluding hydrogens is 351 g/mol. The van der Waals surface area contributed by atoms with Gasteiger partial charge in [-0.15, -0.1) is 0 Å². The van der Waals surface area contributed by atoms with E-state index in [0.717, 1.165) is 28.8 Å². The third-order valence-electron chi connectivity index (χ3n) is 3.70. The first-order valence-corrected chi connectivity index (χ1v) is 7.88. The van der Waals surface area contributed by atoms with Gasteiger partial charge in [-0.1, -0.05) is 12.1 Å². The van der Waals surface area contributed by atoms with Gasteiger partial charge in [0.15, 0.2) is 0 Å². The summed E-state index contributed by atoms with van der Waals surface area (Å²) in [5.74, 6) is 0.726. The summed E-state index contributed by atoms with van der Waals surface area (Å²) in [7, 11) is 1.91. The zero-order chi connectivity index (χ0) is 13.8. The molecule has 1 aromatic rings. The van der Waals surface area contributed by atoms with Crippen molar-refractivity contribution in [1.82, 2.24) is 10.2 Å².